The van der Waals surface area contributed by atoms with Crippen molar-refractivity contribution < 1.29 is 19.1 Å². The third kappa shape index (κ3) is 6.69. The van der Waals surface area contributed by atoms with Crippen molar-refractivity contribution >= 4 is 43.3 Å². The topological polar surface area (TPSA) is 118 Å². The third-order valence-corrected chi connectivity index (χ3v) is 8.02. The van der Waals surface area contributed by atoms with Gasteiger partial charge in [-0.3, -0.25) is 9.59 Å². The van der Waals surface area contributed by atoms with Gasteiger partial charge in [-0.15, -0.1) is 0 Å². The molecule has 12 heteroatoms. The molecule has 220 valence electrons. The van der Waals surface area contributed by atoms with Gasteiger partial charge in [-0.25, -0.2) is 4.98 Å². The number of anilines is 2. The van der Waals surface area contributed by atoms with Crippen LogP contribution in [-0.4, -0.2) is 75.2 Å². The molecule has 1 fully saturated rings. The molecule has 1 aliphatic rings. The highest BCUT2D eigenvalue weighted by Gasteiger charge is 2.28. The highest BCUT2D eigenvalue weighted by atomic mass is 35.5. The smallest absolute Gasteiger partial charge is 0.251 e. The number of piperidine rings is 1. The molecule has 2 radical (unpaired) electrons. The van der Waals surface area contributed by atoms with E-state index in [9.17, 15) is 9.59 Å². The predicted octanol–water partition coefficient (Wildman–Crippen LogP) is 4.64. The molecule has 0 saturated carbocycles. The van der Waals surface area contributed by atoms with Crippen molar-refractivity contribution in [3.8, 4) is 17.4 Å². The van der Waals surface area contributed by atoms with Crippen molar-refractivity contribution in [2.24, 2.45) is 0 Å². The Hall–Kier alpha value is -3.67. The number of rotatable bonds is 10. The van der Waals surface area contributed by atoms with Gasteiger partial charge in [0.15, 0.2) is 6.29 Å². The Kier molecular flexibility index (Phi) is 9.76. The van der Waals surface area contributed by atoms with Crippen LogP contribution >= 0.6 is 11.6 Å². The maximum Gasteiger partial charge on any atom is 0.251 e. The fourth-order valence-corrected chi connectivity index (χ4v) is 4.87. The lowest BCUT2D eigenvalue weighted by Gasteiger charge is -2.34. The normalized spacial score (nSPS) is 17.0. The van der Waals surface area contributed by atoms with Crippen LogP contribution in [0.2, 0.25) is 10.8 Å². The molecule has 0 bridgehead atoms. The molecule has 1 amide bonds. The highest BCUT2D eigenvalue weighted by Crippen LogP contribution is 2.37. The van der Waals surface area contributed by atoms with Crippen molar-refractivity contribution in [2.75, 3.05) is 39.6 Å². The zero-order valence-corrected chi connectivity index (χ0v) is 25.5. The monoisotopic (exact) mass is 590 g/mol. The van der Waals surface area contributed by atoms with Gasteiger partial charge in [0.2, 0.25) is 11.8 Å². The summed E-state index contributed by atoms with van der Waals surface area (Å²) in [4.78, 5) is 36.0. The minimum atomic E-state index is -0.436. The second kappa shape index (κ2) is 13.1. The SMILES string of the molecule is [B]C1CNCC[C@H]1NC(=O)c1cc(OC)c(Nc2ncc(Cl)c(Oc3cccc(C(C)(C)N(C)C)c3C=O)n2)cc1C. The zero-order valence-electron chi connectivity index (χ0n) is 24.7. The van der Waals surface area contributed by atoms with Gasteiger partial charge in [0.25, 0.3) is 5.91 Å². The molecular weight excluding hydrogens is 555 g/mol. The van der Waals surface area contributed by atoms with E-state index in [2.05, 4.69) is 25.9 Å². The summed E-state index contributed by atoms with van der Waals surface area (Å²) in [6.07, 6.45) is 2.94. The molecule has 4 rings (SSSR count). The molecule has 42 heavy (non-hydrogen) atoms. The van der Waals surface area contributed by atoms with Gasteiger partial charge < -0.3 is 30.3 Å². The number of hydrogen-bond acceptors (Lipinski definition) is 9. The number of hydrogen-bond donors (Lipinski definition) is 3. The van der Waals surface area contributed by atoms with E-state index in [1.54, 1.807) is 18.2 Å². The molecule has 1 saturated heterocycles. The third-order valence-electron chi connectivity index (χ3n) is 7.76. The number of carbonyl (C=O) groups excluding carboxylic acids is 2. The molecular formula is C30H36BClN6O4. The second-order valence-electron chi connectivity index (χ2n) is 11.0. The lowest BCUT2D eigenvalue weighted by Crippen LogP contribution is -2.47. The number of ether oxygens (including phenoxy) is 2. The summed E-state index contributed by atoms with van der Waals surface area (Å²) >= 11 is 6.40. The first-order valence-electron chi connectivity index (χ1n) is 13.7. The molecule has 3 N–H and O–H groups in total. The summed E-state index contributed by atoms with van der Waals surface area (Å²) in [5.74, 6) is 0.617. The number of nitrogens with zero attached hydrogens (tertiary/aromatic N) is 3. The minimum Gasteiger partial charge on any atom is -0.495 e. The number of benzene rings is 2. The van der Waals surface area contributed by atoms with E-state index in [0.717, 1.165) is 30.4 Å². The summed E-state index contributed by atoms with van der Waals surface area (Å²) in [5.41, 5.74) is 2.51. The number of aromatic nitrogens is 2. The number of methoxy groups -OCH3 is 1. The van der Waals surface area contributed by atoms with E-state index in [1.807, 2.05) is 51.9 Å². The average molecular weight is 591 g/mol. The zero-order chi connectivity index (χ0) is 30.6. The fraction of sp³-hybridized carbons (Fsp3) is 0.400. The Morgan fingerprint density at radius 1 is 1.26 bits per heavy atom. The number of aldehydes is 1. The van der Waals surface area contributed by atoms with Gasteiger partial charge in [0.05, 0.1) is 32.4 Å². The number of aryl methyl sites for hydroxylation is 1. The summed E-state index contributed by atoms with van der Waals surface area (Å²) in [5, 5.41) is 9.57. The van der Waals surface area contributed by atoms with Crippen LogP contribution in [0.25, 0.3) is 0 Å². The minimum absolute atomic E-state index is 0.0714. The van der Waals surface area contributed by atoms with Crippen LogP contribution in [-0.2, 0) is 5.54 Å². The van der Waals surface area contributed by atoms with Gasteiger partial charge in [-0.1, -0.05) is 23.7 Å². The second-order valence-corrected chi connectivity index (χ2v) is 11.4. The van der Waals surface area contributed by atoms with Gasteiger partial charge in [-0.05, 0) is 89.5 Å². The predicted molar refractivity (Wildman–Crippen MR) is 165 cm³/mol. The van der Waals surface area contributed by atoms with Gasteiger partial charge in [0, 0.05) is 17.1 Å². The van der Waals surface area contributed by atoms with E-state index < -0.39 is 5.54 Å². The van der Waals surface area contributed by atoms with Gasteiger partial charge >= 0.3 is 0 Å². The number of halogens is 1. The Bertz CT molecular complexity index is 1470. The Balaban J connectivity index is 1.59. The van der Waals surface area contributed by atoms with E-state index >= 15 is 0 Å². The first-order valence-corrected chi connectivity index (χ1v) is 14.0. The average Bonchev–Trinajstić information content (AvgIpc) is 2.95. The molecule has 10 nitrogen and oxygen atoms in total. The Morgan fingerprint density at radius 3 is 2.69 bits per heavy atom. The lowest BCUT2D eigenvalue weighted by molar-refractivity contribution is 0.0928. The molecule has 0 spiro atoms. The molecule has 1 aromatic heterocycles. The van der Waals surface area contributed by atoms with Crippen molar-refractivity contribution in [3.63, 3.8) is 0 Å². The summed E-state index contributed by atoms with van der Waals surface area (Å²) in [6, 6.07) is 8.74. The molecule has 1 unspecified atom stereocenters. The molecule has 2 atom stereocenters. The van der Waals surface area contributed by atoms with Crippen molar-refractivity contribution in [3.05, 3.63) is 63.8 Å². The van der Waals surface area contributed by atoms with E-state index in [-0.39, 0.29) is 34.6 Å². The van der Waals surface area contributed by atoms with Gasteiger partial charge in [-0.2, -0.15) is 4.98 Å². The number of amides is 1. The van der Waals surface area contributed by atoms with Crippen molar-refractivity contribution in [1.82, 2.24) is 25.5 Å². The standard InChI is InChI=1S/C30H36BClN6O4/c1-17-12-24(26(41-6)13-18(17)27(40)35-23-10-11-33-14-21(23)31)36-29-34-15-22(32)28(37-29)42-25-9-7-8-20(19(25)16-39)30(2,3)38(4)5/h7-9,12-13,15-16,21,23,33H,10-11,14H2,1-6H3,(H,35,40)(H,34,36,37)/t21?,23-/m1/s1. The number of nitrogens with one attached hydrogen (secondary N) is 3. The molecule has 2 heterocycles. The van der Waals surface area contributed by atoms with Crippen molar-refractivity contribution in [2.45, 2.75) is 44.6 Å². The molecule has 2 aromatic carbocycles. The van der Waals surface area contributed by atoms with Crippen LogP contribution in [0.4, 0.5) is 11.6 Å². The van der Waals surface area contributed by atoms with Gasteiger partial charge in [0.1, 0.15) is 16.5 Å². The van der Waals surface area contributed by atoms with Crippen LogP contribution in [0.5, 0.6) is 17.4 Å². The van der Waals surface area contributed by atoms with Crippen LogP contribution in [0.15, 0.2) is 36.5 Å². The molecule has 0 aliphatic carbocycles. The van der Waals surface area contributed by atoms with E-state index in [0.29, 0.717) is 34.9 Å². The van der Waals surface area contributed by atoms with Crippen molar-refractivity contribution in [1.29, 1.82) is 0 Å². The Labute approximate surface area is 253 Å². The highest BCUT2D eigenvalue weighted by molar-refractivity contribution is 6.31. The largest absolute Gasteiger partial charge is 0.495 e. The number of carbonyl (C=O) groups is 2. The quantitative estimate of drug-likeness (QED) is 0.229. The first kappa shape index (κ1) is 31.3. The molecule has 1 aliphatic heterocycles. The van der Waals surface area contributed by atoms with Crippen LogP contribution in [0.1, 0.15) is 52.1 Å². The summed E-state index contributed by atoms with van der Waals surface area (Å²) < 4.78 is 11.7. The van der Waals surface area contributed by atoms with E-state index in [1.165, 1.54) is 13.3 Å². The maximum absolute atomic E-state index is 13.1. The Morgan fingerprint density at radius 2 is 2.02 bits per heavy atom. The first-order chi connectivity index (χ1) is 20.0. The van der Waals surface area contributed by atoms with Crippen LogP contribution < -0.4 is 25.4 Å². The summed E-state index contributed by atoms with van der Waals surface area (Å²) in [7, 11) is 11.6. The lowest BCUT2D eigenvalue weighted by atomic mass is 9.77. The molecule has 3 aromatic rings. The maximum atomic E-state index is 13.1. The van der Waals surface area contributed by atoms with E-state index in [4.69, 9.17) is 28.9 Å². The van der Waals surface area contributed by atoms with Crippen LogP contribution in [0.3, 0.4) is 0 Å². The summed E-state index contributed by atoms with van der Waals surface area (Å²) in [6.45, 7) is 7.32. The fourth-order valence-electron chi connectivity index (χ4n) is 4.74. The van der Waals surface area contributed by atoms with Crippen LogP contribution in [0, 0.1) is 6.92 Å².